The summed E-state index contributed by atoms with van der Waals surface area (Å²) in [5.41, 5.74) is 1.81. The Morgan fingerprint density at radius 1 is 1.00 bits per heavy atom. The molecule has 1 fully saturated rings. The van der Waals surface area contributed by atoms with E-state index in [0.717, 1.165) is 11.6 Å². The molecule has 0 saturated carbocycles. The highest BCUT2D eigenvalue weighted by atomic mass is 19.4. The number of hydrogen-bond acceptors (Lipinski definition) is 10. The summed E-state index contributed by atoms with van der Waals surface area (Å²) in [6.45, 7) is 7.97. The molecule has 0 aliphatic carbocycles. The second-order valence-electron chi connectivity index (χ2n) is 10.6. The summed E-state index contributed by atoms with van der Waals surface area (Å²) >= 11 is 0. The van der Waals surface area contributed by atoms with Crippen LogP contribution < -0.4 is 20.7 Å². The largest absolute Gasteiger partial charge is 0.481 e. The Kier molecular flexibility index (Phi) is 9.94. The number of aryl methyl sites for hydroxylation is 1. The number of piperazine rings is 1. The number of hydrogen-bond donors (Lipinski definition) is 3. The Balaban J connectivity index is 1.36. The Morgan fingerprint density at radius 3 is 2.47 bits per heavy atom. The van der Waals surface area contributed by atoms with E-state index in [0.29, 0.717) is 61.6 Å². The number of aromatic nitrogens is 4. The molecule has 3 aromatic heterocycles. The number of nitrogens with zero attached hydrogens (tertiary/aromatic N) is 6. The standard InChI is InChI=1S/C32H32F3N9O3/c1-4-27(45)39-26-14-21(19-43-10-12-44(13-11-43)30(46)22-6-5-9-36-17-22)7-8-24(26)40-29-23(32(33,34)35)18-38-31(42-29)41-25-15-28(47-3)37-16-20(25)2/h4-9,14-18H,1,10-13,19H2,2-3H3,(H,39,45)(H2,37,38,40,41,42). The fourth-order valence-corrected chi connectivity index (χ4v) is 4.87. The zero-order chi connectivity index (χ0) is 33.6. The van der Waals surface area contributed by atoms with Gasteiger partial charge in [0.1, 0.15) is 11.4 Å². The highest BCUT2D eigenvalue weighted by Gasteiger charge is 2.35. The van der Waals surface area contributed by atoms with Gasteiger partial charge in [-0.15, -0.1) is 0 Å². The van der Waals surface area contributed by atoms with Crippen molar-refractivity contribution in [2.45, 2.75) is 19.6 Å². The van der Waals surface area contributed by atoms with Gasteiger partial charge in [-0.3, -0.25) is 19.5 Å². The Morgan fingerprint density at radius 2 is 1.79 bits per heavy atom. The van der Waals surface area contributed by atoms with Crippen LogP contribution in [-0.4, -0.2) is 74.8 Å². The topological polar surface area (TPSA) is 138 Å². The number of alkyl halides is 3. The lowest BCUT2D eigenvalue weighted by Gasteiger charge is -2.34. The molecule has 3 N–H and O–H groups in total. The number of benzene rings is 1. The van der Waals surface area contributed by atoms with Gasteiger partial charge in [-0.05, 0) is 48.4 Å². The van der Waals surface area contributed by atoms with Gasteiger partial charge in [0.15, 0.2) is 0 Å². The first kappa shape index (κ1) is 32.8. The molecule has 1 aromatic carbocycles. The third-order valence-corrected chi connectivity index (χ3v) is 7.38. The molecule has 0 atom stereocenters. The van der Waals surface area contributed by atoms with Gasteiger partial charge in [0.2, 0.25) is 17.7 Å². The minimum absolute atomic E-state index is 0.0838. The van der Waals surface area contributed by atoms with Crippen molar-refractivity contribution in [3.05, 3.63) is 96.1 Å². The Hall–Kier alpha value is -5.57. The van der Waals surface area contributed by atoms with Crippen molar-refractivity contribution in [2.75, 3.05) is 49.2 Å². The zero-order valence-electron chi connectivity index (χ0n) is 25.6. The molecule has 4 aromatic rings. The van der Waals surface area contributed by atoms with Crippen molar-refractivity contribution in [1.29, 1.82) is 0 Å². The monoisotopic (exact) mass is 647 g/mol. The predicted octanol–water partition coefficient (Wildman–Crippen LogP) is 5.17. The van der Waals surface area contributed by atoms with Crippen LogP contribution in [0.4, 0.5) is 42.0 Å². The van der Waals surface area contributed by atoms with Gasteiger partial charge in [0.25, 0.3) is 5.91 Å². The highest BCUT2D eigenvalue weighted by molar-refractivity contribution is 6.01. The van der Waals surface area contributed by atoms with Crippen molar-refractivity contribution < 1.29 is 27.5 Å². The normalized spacial score (nSPS) is 13.5. The van der Waals surface area contributed by atoms with E-state index < -0.39 is 23.5 Å². The van der Waals surface area contributed by atoms with E-state index in [1.165, 1.54) is 7.11 Å². The van der Waals surface area contributed by atoms with Crippen molar-refractivity contribution in [1.82, 2.24) is 29.7 Å². The first-order valence-corrected chi connectivity index (χ1v) is 14.5. The third-order valence-electron chi connectivity index (χ3n) is 7.38. The van der Waals surface area contributed by atoms with Gasteiger partial charge in [-0.1, -0.05) is 12.6 Å². The lowest BCUT2D eigenvalue weighted by molar-refractivity contribution is -0.137. The summed E-state index contributed by atoms with van der Waals surface area (Å²) in [7, 11) is 1.44. The zero-order valence-corrected chi connectivity index (χ0v) is 25.6. The van der Waals surface area contributed by atoms with Gasteiger partial charge in [0.05, 0.1) is 29.7 Å². The summed E-state index contributed by atoms with van der Waals surface area (Å²) in [6, 6.07) is 10.0. The van der Waals surface area contributed by atoms with E-state index in [9.17, 15) is 22.8 Å². The molecule has 47 heavy (non-hydrogen) atoms. The number of carbonyl (C=O) groups is 2. The first-order chi connectivity index (χ1) is 22.5. The van der Waals surface area contributed by atoms with Crippen molar-refractivity contribution in [3.8, 4) is 5.88 Å². The van der Waals surface area contributed by atoms with E-state index in [2.05, 4.69) is 47.4 Å². The minimum atomic E-state index is -4.78. The molecular weight excluding hydrogens is 615 g/mol. The molecule has 1 aliphatic rings. The molecule has 0 spiro atoms. The van der Waals surface area contributed by atoms with E-state index in [-0.39, 0.29) is 23.2 Å². The number of rotatable bonds is 10. The summed E-state index contributed by atoms with van der Waals surface area (Å²) in [6.07, 6.45) is 1.67. The van der Waals surface area contributed by atoms with Crippen LogP contribution in [0.15, 0.2) is 73.8 Å². The lowest BCUT2D eigenvalue weighted by Crippen LogP contribution is -2.48. The second-order valence-corrected chi connectivity index (χ2v) is 10.6. The number of nitrogens with one attached hydrogen (secondary N) is 3. The summed E-state index contributed by atoms with van der Waals surface area (Å²) < 4.78 is 47.3. The molecule has 15 heteroatoms. The van der Waals surface area contributed by atoms with Gasteiger partial charge < -0.3 is 25.6 Å². The summed E-state index contributed by atoms with van der Waals surface area (Å²) in [4.78, 5) is 45.2. The van der Waals surface area contributed by atoms with Crippen LogP contribution >= 0.6 is 0 Å². The molecule has 5 rings (SSSR count). The molecule has 2 amide bonds. The van der Waals surface area contributed by atoms with Crippen LogP contribution in [0, 0.1) is 6.92 Å². The second kappa shape index (κ2) is 14.2. The van der Waals surface area contributed by atoms with E-state index in [1.807, 2.05) is 0 Å². The van der Waals surface area contributed by atoms with Crippen LogP contribution in [0.3, 0.4) is 0 Å². The lowest BCUT2D eigenvalue weighted by atomic mass is 10.1. The number of amides is 2. The fourth-order valence-electron chi connectivity index (χ4n) is 4.87. The maximum absolute atomic E-state index is 14.1. The quantitative estimate of drug-likeness (QED) is 0.198. The number of carbonyl (C=O) groups excluding carboxylic acids is 2. The smallest absolute Gasteiger partial charge is 0.421 e. The van der Waals surface area contributed by atoms with Gasteiger partial charge in [0, 0.05) is 63.6 Å². The average Bonchev–Trinajstić information content (AvgIpc) is 3.07. The fraction of sp³-hybridized carbons (Fsp3) is 0.250. The molecule has 12 nitrogen and oxygen atoms in total. The highest BCUT2D eigenvalue weighted by Crippen LogP contribution is 2.37. The van der Waals surface area contributed by atoms with Crippen LogP contribution in [0.25, 0.3) is 0 Å². The van der Waals surface area contributed by atoms with E-state index >= 15 is 0 Å². The Labute approximate surface area is 268 Å². The van der Waals surface area contributed by atoms with Crippen LogP contribution in [-0.2, 0) is 17.5 Å². The number of pyridine rings is 2. The minimum Gasteiger partial charge on any atom is -0.481 e. The molecule has 1 saturated heterocycles. The Bertz CT molecular complexity index is 1760. The molecule has 244 valence electrons. The molecule has 4 heterocycles. The van der Waals surface area contributed by atoms with Crippen LogP contribution in [0.2, 0.25) is 0 Å². The molecule has 0 radical (unpaired) electrons. The maximum atomic E-state index is 14.1. The van der Waals surface area contributed by atoms with Crippen molar-refractivity contribution in [2.24, 2.45) is 0 Å². The first-order valence-electron chi connectivity index (χ1n) is 14.5. The van der Waals surface area contributed by atoms with E-state index in [4.69, 9.17) is 4.74 Å². The number of anilines is 5. The molecule has 0 unspecified atom stereocenters. The number of ether oxygens (including phenoxy) is 1. The molecule has 1 aliphatic heterocycles. The predicted molar refractivity (Wildman–Crippen MR) is 170 cm³/mol. The van der Waals surface area contributed by atoms with Gasteiger partial charge >= 0.3 is 6.18 Å². The number of methoxy groups -OCH3 is 1. The van der Waals surface area contributed by atoms with Gasteiger partial charge in [-0.25, -0.2) is 9.97 Å². The number of halogens is 3. The SMILES string of the molecule is C=CC(=O)Nc1cc(CN2CCN(C(=O)c3cccnc3)CC2)ccc1Nc1nc(Nc2cc(OC)ncc2C)ncc1C(F)(F)F. The maximum Gasteiger partial charge on any atom is 0.421 e. The summed E-state index contributed by atoms with van der Waals surface area (Å²) in [5.74, 6) is -0.960. The molecular formula is C32H32F3N9O3. The van der Waals surface area contributed by atoms with Crippen molar-refractivity contribution in [3.63, 3.8) is 0 Å². The average molecular weight is 648 g/mol. The molecule has 0 bridgehead atoms. The summed E-state index contributed by atoms with van der Waals surface area (Å²) in [5, 5.41) is 8.33. The van der Waals surface area contributed by atoms with Gasteiger partial charge in [-0.2, -0.15) is 18.2 Å². The van der Waals surface area contributed by atoms with E-state index in [1.54, 1.807) is 66.8 Å². The van der Waals surface area contributed by atoms with Crippen LogP contribution in [0.5, 0.6) is 5.88 Å². The third kappa shape index (κ3) is 8.18. The van der Waals surface area contributed by atoms with Crippen LogP contribution in [0.1, 0.15) is 27.0 Å². The van der Waals surface area contributed by atoms with Crippen molar-refractivity contribution >= 4 is 40.6 Å².